The van der Waals surface area contributed by atoms with E-state index >= 15 is 0 Å². The summed E-state index contributed by atoms with van der Waals surface area (Å²) in [6, 6.07) is 82.3. The van der Waals surface area contributed by atoms with Gasteiger partial charge in [-0.05, 0) is 160 Å². The number of benzene rings is 10. The van der Waals surface area contributed by atoms with Crippen LogP contribution < -0.4 is 26.2 Å². The number of hydrogen-bond acceptors (Lipinski definition) is 2. The fraction of sp³-hybridized carbons (Fsp3) is 0.118. The lowest BCUT2D eigenvalue weighted by atomic mass is 9.33. The molecule has 0 fully saturated rings. The summed E-state index contributed by atoms with van der Waals surface area (Å²) in [6.45, 7) is 17.7. The van der Waals surface area contributed by atoms with Gasteiger partial charge in [0.1, 0.15) is 0 Å². The lowest BCUT2D eigenvalue weighted by molar-refractivity contribution is 1.24. The van der Waals surface area contributed by atoms with E-state index in [1.54, 1.807) is 0 Å². The van der Waals surface area contributed by atoms with Gasteiger partial charge in [-0.3, -0.25) is 0 Å². The van der Waals surface area contributed by atoms with Crippen LogP contribution in [-0.4, -0.2) is 6.71 Å². The van der Waals surface area contributed by atoms with Gasteiger partial charge in [0, 0.05) is 34.1 Å². The molecule has 10 aromatic carbocycles. The molecule has 10 aromatic rings. The van der Waals surface area contributed by atoms with E-state index in [4.69, 9.17) is 0 Å². The highest BCUT2D eigenvalue weighted by Crippen LogP contribution is 2.43. The maximum atomic E-state index is 2.50. The average molecular weight is 917 g/mol. The Kier molecular flexibility index (Phi) is 13.2. The van der Waals surface area contributed by atoms with E-state index in [2.05, 4.69) is 290 Å². The highest BCUT2D eigenvalue weighted by molar-refractivity contribution is 6.98. The smallest absolute Gasteiger partial charge is 0.247 e. The van der Waals surface area contributed by atoms with Gasteiger partial charge in [0.05, 0.1) is 0 Å². The minimum atomic E-state index is 0.0827. The van der Waals surface area contributed by atoms with Crippen molar-refractivity contribution in [3.63, 3.8) is 0 Å². The molecule has 0 saturated carbocycles. The largest absolute Gasteiger partial charge is 0.311 e. The van der Waals surface area contributed by atoms with Crippen molar-refractivity contribution < 1.29 is 0 Å². The molecule has 0 radical (unpaired) electrons. The number of rotatable bonds is 8. The SMILES string of the molecule is Cc1ccc(-c2cc(C)ccc2C)cc1.Cc1ccc(N2c3ccc(C)cc3B(c3cc(C)ccc3C)c3c(C)cc(N(c4ccc(-c5ccccc5)cc4)c4ccc(-c5ccccc5)cc4)cc32)cc1. The lowest BCUT2D eigenvalue weighted by Crippen LogP contribution is -2.59. The lowest BCUT2D eigenvalue weighted by Gasteiger charge is -2.39. The van der Waals surface area contributed by atoms with Crippen molar-refractivity contribution in [2.45, 2.75) is 55.4 Å². The van der Waals surface area contributed by atoms with Gasteiger partial charge in [-0.1, -0.05) is 214 Å². The average Bonchev–Trinajstić information content (AvgIpc) is 3.39. The summed E-state index contributed by atoms with van der Waals surface area (Å²) < 4.78 is 0. The topological polar surface area (TPSA) is 6.48 Å². The Morgan fingerprint density at radius 1 is 0.310 bits per heavy atom. The van der Waals surface area contributed by atoms with Crippen molar-refractivity contribution in [2.75, 3.05) is 9.80 Å². The second-order valence-electron chi connectivity index (χ2n) is 19.6. The summed E-state index contributed by atoms with van der Waals surface area (Å²) in [7, 11) is 0. The summed E-state index contributed by atoms with van der Waals surface area (Å²) in [5.41, 5.74) is 28.8. The van der Waals surface area contributed by atoms with Gasteiger partial charge in [-0.2, -0.15) is 0 Å². The standard InChI is InChI=1S/C53H45BN2.C15H16/c1-36-17-25-47(26-18-36)56-51-31-19-38(3)33-50(51)54(49-32-37(2)16-20-39(49)4)53-40(5)34-48(35-52(53)56)55(45-27-21-43(22-28-45)41-12-8-6-9-13-41)46-29-23-44(24-30-46)42-14-10-7-11-15-42;1-11-5-8-14(9-6-11)15-10-12(2)4-7-13(15)3/h6-35H,1-5H3;4-10H,1-3H3. The summed E-state index contributed by atoms with van der Waals surface area (Å²) in [5, 5.41) is 0. The van der Waals surface area contributed by atoms with E-state index in [-0.39, 0.29) is 6.71 Å². The van der Waals surface area contributed by atoms with Crippen LogP contribution in [0.25, 0.3) is 33.4 Å². The molecule has 1 heterocycles. The first-order chi connectivity index (χ1) is 34.5. The van der Waals surface area contributed by atoms with E-state index in [9.17, 15) is 0 Å². The molecule has 11 rings (SSSR count). The van der Waals surface area contributed by atoms with Crippen LogP contribution in [0.1, 0.15) is 44.5 Å². The summed E-state index contributed by atoms with van der Waals surface area (Å²) >= 11 is 0. The van der Waals surface area contributed by atoms with Gasteiger partial charge in [0.15, 0.2) is 0 Å². The molecule has 0 N–H and O–H groups in total. The first kappa shape index (κ1) is 46.6. The van der Waals surface area contributed by atoms with Crippen molar-refractivity contribution in [3.05, 3.63) is 269 Å². The molecule has 2 nitrogen and oxygen atoms in total. The Morgan fingerprint density at radius 2 is 0.761 bits per heavy atom. The van der Waals surface area contributed by atoms with Crippen LogP contribution in [0.15, 0.2) is 224 Å². The van der Waals surface area contributed by atoms with Gasteiger partial charge in [0.2, 0.25) is 6.71 Å². The third-order valence-corrected chi connectivity index (χ3v) is 14.1. The normalized spacial score (nSPS) is 11.6. The maximum Gasteiger partial charge on any atom is 0.247 e. The summed E-state index contributed by atoms with van der Waals surface area (Å²) in [5.74, 6) is 0. The molecule has 0 amide bonds. The second-order valence-corrected chi connectivity index (χ2v) is 19.6. The Labute approximate surface area is 422 Å². The predicted molar refractivity (Wildman–Crippen MR) is 308 cm³/mol. The predicted octanol–water partition coefficient (Wildman–Crippen LogP) is 16.6. The molecular formula is C68H61BN2. The molecule has 0 bridgehead atoms. The van der Waals surface area contributed by atoms with Crippen molar-refractivity contribution in [2.24, 2.45) is 0 Å². The van der Waals surface area contributed by atoms with E-state index < -0.39 is 0 Å². The summed E-state index contributed by atoms with van der Waals surface area (Å²) in [6.07, 6.45) is 0. The summed E-state index contributed by atoms with van der Waals surface area (Å²) in [4.78, 5) is 4.92. The zero-order chi connectivity index (χ0) is 49.2. The molecule has 0 unspecified atom stereocenters. The first-order valence-electron chi connectivity index (χ1n) is 24.9. The van der Waals surface area contributed by atoms with Gasteiger partial charge in [0.25, 0.3) is 0 Å². The number of nitrogens with zero attached hydrogens (tertiary/aromatic N) is 2. The highest BCUT2D eigenvalue weighted by atomic mass is 15.2. The molecule has 0 spiro atoms. The van der Waals surface area contributed by atoms with Gasteiger partial charge in [-0.25, -0.2) is 0 Å². The molecule has 0 atom stereocenters. The van der Waals surface area contributed by atoms with Crippen molar-refractivity contribution in [1.29, 1.82) is 0 Å². The Bertz CT molecular complexity index is 3390. The van der Waals surface area contributed by atoms with Crippen LogP contribution in [0.4, 0.5) is 34.1 Å². The van der Waals surface area contributed by atoms with Crippen LogP contribution in [0, 0.1) is 55.4 Å². The van der Waals surface area contributed by atoms with Crippen molar-refractivity contribution in [3.8, 4) is 33.4 Å². The Hall–Kier alpha value is -8.14. The molecule has 3 heteroatoms. The fourth-order valence-corrected chi connectivity index (χ4v) is 10.3. The molecule has 346 valence electrons. The number of aryl methyl sites for hydroxylation is 8. The Balaban J connectivity index is 0.000000331. The van der Waals surface area contributed by atoms with Crippen LogP contribution in [-0.2, 0) is 0 Å². The number of fused-ring (bicyclic) bond motifs is 2. The van der Waals surface area contributed by atoms with Crippen LogP contribution in [0.2, 0.25) is 0 Å². The number of hydrogen-bond donors (Lipinski definition) is 0. The van der Waals surface area contributed by atoms with E-state index in [1.807, 2.05) is 0 Å². The molecule has 1 aliphatic heterocycles. The van der Waals surface area contributed by atoms with Crippen molar-refractivity contribution >= 4 is 57.2 Å². The van der Waals surface area contributed by atoms with Crippen molar-refractivity contribution in [1.82, 2.24) is 0 Å². The van der Waals surface area contributed by atoms with Crippen LogP contribution in [0.3, 0.4) is 0 Å². The van der Waals surface area contributed by atoms with Gasteiger partial charge >= 0.3 is 0 Å². The minimum absolute atomic E-state index is 0.0827. The fourth-order valence-electron chi connectivity index (χ4n) is 10.3. The Morgan fingerprint density at radius 3 is 1.32 bits per heavy atom. The first-order valence-corrected chi connectivity index (χ1v) is 24.9. The monoisotopic (exact) mass is 916 g/mol. The quantitative estimate of drug-likeness (QED) is 0.140. The third kappa shape index (κ3) is 9.74. The molecule has 0 aliphatic carbocycles. The third-order valence-electron chi connectivity index (χ3n) is 14.1. The zero-order valence-corrected chi connectivity index (χ0v) is 42.3. The van der Waals surface area contributed by atoms with Gasteiger partial charge < -0.3 is 9.80 Å². The molecular weight excluding hydrogens is 856 g/mol. The molecule has 0 aromatic heterocycles. The molecule has 1 aliphatic rings. The highest BCUT2D eigenvalue weighted by Gasteiger charge is 2.38. The van der Waals surface area contributed by atoms with Crippen LogP contribution in [0.5, 0.6) is 0 Å². The molecule has 71 heavy (non-hydrogen) atoms. The maximum absolute atomic E-state index is 2.50. The minimum Gasteiger partial charge on any atom is -0.311 e. The van der Waals surface area contributed by atoms with E-state index in [0.29, 0.717) is 0 Å². The van der Waals surface area contributed by atoms with E-state index in [0.717, 1.165) is 22.7 Å². The zero-order valence-electron chi connectivity index (χ0n) is 42.3. The van der Waals surface area contributed by atoms with Crippen LogP contribution >= 0.6 is 0 Å². The second kappa shape index (κ2) is 20.1. The van der Waals surface area contributed by atoms with Gasteiger partial charge in [-0.15, -0.1) is 0 Å². The number of anilines is 6. The molecule has 0 saturated heterocycles. The van der Waals surface area contributed by atoms with E-state index in [1.165, 1.54) is 106 Å².